The lowest BCUT2D eigenvalue weighted by Crippen LogP contribution is -2.54. The van der Waals surface area contributed by atoms with E-state index < -0.39 is 11.5 Å². The maximum atomic E-state index is 12.0. The molecular weight excluding hydrogens is 268 g/mol. The van der Waals surface area contributed by atoms with Crippen LogP contribution in [0, 0.1) is 0 Å². The van der Waals surface area contributed by atoms with Crippen LogP contribution in [0.5, 0.6) is 0 Å². The number of hydrogen-bond acceptors (Lipinski definition) is 3. The van der Waals surface area contributed by atoms with Crippen molar-refractivity contribution in [2.75, 3.05) is 6.54 Å². The Balaban J connectivity index is 2.56. The Bertz CT molecular complexity index is 470. The summed E-state index contributed by atoms with van der Waals surface area (Å²) in [4.78, 5) is 23.3. The molecule has 3 N–H and O–H groups in total. The van der Waals surface area contributed by atoms with Crippen LogP contribution in [-0.4, -0.2) is 29.1 Å². The number of amides is 1. The second-order valence-corrected chi connectivity index (χ2v) is 5.15. The first-order valence-corrected chi connectivity index (χ1v) is 7.28. The molecule has 0 saturated heterocycles. The molecule has 0 fully saturated rings. The molecule has 5 heteroatoms. The SMILES string of the molecule is CCC(CC)(NCC(=O)NC(C)c1ccccc1)C(=O)O. The van der Waals surface area contributed by atoms with Gasteiger partial charge >= 0.3 is 5.97 Å². The Hall–Kier alpha value is -1.88. The summed E-state index contributed by atoms with van der Waals surface area (Å²) in [5.74, 6) is -1.13. The molecule has 1 amide bonds. The largest absolute Gasteiger partial charge is 0.480 e. The van der Waals surface area contributed by atoms with Crippen molar-refractivity contribution in [1.82, 2.24) is 10.6 Å². The van der Waals surface area contributed by atoms with E-state index in [4.69, 9.17) is 0 Å². The van der Waals surface area contributed by atoms with Gasteiger partial charge in [-0.05, 0) is 25.3 Å². The highest BCUT2D eigenvalue weighted by Gasteiger charge is 2.34. The highest BCUT2D eigenvalue weighted by Crippen LogP contribution is 2.15. The van der Waals surface area contributed by atoms with Gasteiger partial charge < -0.3 is 10.4 Å². The van der Waals surface area contributed by atoms with Crippen molar-refractivity contribution in [3.63, 3.8) is 0 Å². The van der Waals surface area contributed by atoms with Gasteiger partial charge in [0.1, 0.15) is 5.54 Å². The molecule has 0 aromatic heterocycles. The van der Waals surface area contributed by atoms with Gasteiger partial charge in [-0.3, -0.25) is 14.9 Å². The number of hydrogen-bond donors (Lipinski definition) is 3. The average molecular weight is 292 g/mol. The van der Waals surface area contributed by atoms with Crippen LogP contribution in [0.2, 0.25) is 0 Å². The first kappa shape index (κ1) is 17.2. The van der Waals surface area contributed by atoms with E-state index in [2.05, 4.69) is 10.6 Å². The van der Waals surface area contributed by atoms with Crippen molar-refractivity contribution in [3.05, 3.63) is 35.9 Å². The Morgan fingerprint density at radius 2 is 1.76 bits per heavy atom. The van der Waals surface area contributed by atoms with E-state index in [1.54, 1.807) is 13.8 Å². The summed E-state index contributed by atoms with van der Waals surface area (Å²) in [5.41, 5.74) is -0.0193. The van der Waals surface area contributed by atoms with E-state index in [1.807, 2.05) is 37.3 Å². The summed E-state index contributed by atoms with van der Waals surface area (Å²) in [6.45, 7) is 5.49. The molecule has 0 aliphatic rings. The number of nitrogens with one attached hydrogen (secondary N) is 2. The Labute approximate surface area is 125 Å². The first-order chi connectivity index (χ1) is 9.95. The van der Waals surface area contributed by atoms with E-state index in [0.29, 0.717) is 12.8 Å². The first-order valence-electron chi connectivity index (χ1n) is 7.28. The molecule has 1 rings (SSSR count). The predicted molar refractivity (Wildman–Crippen MR) is 82.0 cm³/mol. The fourth-order valence-electron chi connectivity index (χ4n) is 2.25. The third-order valence-electron chi connectivity index (χ3n) is 3.88. The summed E-state index contributed by atoms with van der Waals surface area (Å²) in [6.07, 6.45) is 0.862. The van der Waals surface area contributed by atoms with Crippen LogP contribution in [0.3, 0.4) is 0 Å². The molecule has 0 aliphatic carbocycles. The molecule has 1 unspecified atom stereocenters. The molecule has 0 bridgehead atoms. The van der Waals surface area contributed by atoms with Crippen molar-refractivity contribution >= 4 is 11.9 Å². The van der Waals surface area contributed by atoms with Gasteiger partial charge in [-0.2, -0.15) is 0 Å². The van der Waals surface area contributed by atoms with Gasteiger partial charge in [0.15, 0.2) is 0 Å². The zero-order valence-corrected chi connectivity index (χ0v) is 12.8. The zero-order valence-electron chi connectivity index (χ0n) is 12.8. The van der Waals surface area contributed by atoms with Gasteiger partial charge in [0.2, 0.25) is 5.91 Å². The zero-order chi connectivity index (χ0) is 15.9. The van der Waals surface area contributed by atoms with Gasteiger partial charge in [0.25, 0.3) is 0 Å². The van der Waals surface area contributed by atoms with Crippen LogP contribution in [0.25, 0.3) is 0 Å². The third kappa shape index (κ3) is 4.56. The molecule has 1 atom stereocenters. The Morgan fingerprint density at radius 3 is 2.24 bits per heavy atom. The number of carboxylic acid groups (broad SMARTS) is 1. The Kier molecular flexibility index (Phi) is 6.37. The maximum absolute atomic E-state index is 12.0. The molecule has 0 heterocycles. The van der Waals surface area contributed by atoms with Gasteiger partial charge in [-0.25, -0.2) is 0 Å². The van der Waals surface area contributed by atoms with Crippen molar-refractivity contribution in [1.29, 1.82) is 0 Å². The van der Waals surface area contributed by atoms with Crippen LogP contribution >= 0.6 is 0 Å². The lowest BCUT2D eigenvalue weighted by molar-refractivity contribution is -0.145. The summed E-state index contributed by atoms with van der Waals surface area (Å²) < 4.78 is 0. The van der Waals surface area contributed by atoms with Crippen LogP contribution < -0.4 is 10.6 Å². The van der Waals surface area contributed by atoms with Crippen molar-refractivity contribution in [2.45, 2.75) is 45.2 Å². The number of carboxylic acids is 1. The topological polar surface area (TPSA) is 78.4 Å². The van der Waals surface area contributed by atoms with Gasteiger partial charge in [-0.15, -0.1) is 0 Å². The monoisotopic (exact) mass is 292 g/mol. The molecule has 0 radical (unpaired) electrons. The average Bonchev–Trinajstić information content (AvgIpc) is 2.49. The number of aliphatic carboxylic acids is 1. The fraction of sp³-hybridized carbons (Fsp3) is 0.500. The lowest BCUT2D eigenvalue weighted by Gasteiger charge is -2.28. The third-order valence-corrected chi connectivity index (χ3v) is 3.88. The number of rotatable bonds is 8. The fourth-order valence-corrected chi connectivity index (χ4v) is 2.25. The molecule has 1 aromatic rings. The van der Waals surface area contributed by atoms with Crippen molar-refractivity contribution < 1.29 is 14.7 Å². The smallest absolute Gasteiger partial charge is 0.323 e. The summed E-state index contributed by atoms with van der Waals surface area (Å²) in [7, 11) is 0. The van der Waals surface area contributed by atoms with Crippen molar-refractivity contribution in [2.24, 2.45) is 0 Å². The number of benzene rings is 1. The number of carbonyl (C=O) groups excluding carboxylic acids is 1. The minimum absolute atomic E-state index is 0.00878. The second kappa shape index (κ2) is 7.78. The second-order valence-electron chi connectivity index (χ2n) is 5.15. The van der Waals surface area contributed by atoms with Gasteiger partial charge in [0.05, 0.1) is 12.6 Å². The lowest BCUT2D eigenvalue weighted by atomic mass is 9.93. The molecule has 21 heavy (non-hydrogen) atoms. The van der Waals surface area contributed by atoms with Crippen LogP contribution in [0.4, 0.5) is 0 Å². The predicted octanol–water partition coefficient (Wildman–Crippen LogP) is 2.10. The Morgan fingerprint density at radius 1 is 1.19 bits per heavy atom. The normalized spacial score (nSPS) is 12.7. The van der Waals surface area contributed by atoms with Gasteiger partial charge in [-0.1, -0.05) is 44.2 Å². The number of carbonyl (C=O) groups is 2. The van der Waals surface area contributed by atoms with Crippen molar-refractivity contribution in [3.8, 4) is 0 Å². The van der Waals surface area contributed by atoms with Crippen LogP contribution in [0.1, 0.15) is 45.2 Å². The van der Waals surface area contributed by atoms with Crippen LogP contribution in [0.15, 0.2) is 30.3 Å². The summed E-state index contributed by atoms with van der Waals surface area (Å²) in [5, 5.41) is 15.0. The van der Waals surface area contributed by atoms with Crippen LogP contribution in [-0.2, 0) is 9.59 Å². The van der Waals surface area contributed by atoms with E-state index in [9.17, 15) is 14.7 Å². The highest BCUT2D eigenvalue weighted by molar-refractivity contribution is 5.82. The van der Waals surface area contributed by atoms with E-state index in [0.717, 1.165) is 5.56 Å². The van der Waals surface area contributed by atoms with Gasteiger partial charge in [0, 0.05) is 0 Å². The molecule has 5 nitrogen and oxygen atoms in total. The quantitative estimate of drug-likeness (QED) is 0.685. The molecular formula is C16H24N2O3. The minimum atomic E-state index is -1.03. The highest BCUT2D eigenvalue weighted by atomic mass is 16.4. The maximum Gasteiger partial charge on any atom is 0.323 e. The minimum Gasteiger partial charge on any atom is -0.480 e. The summed E-state index contributed by atoms with van der Waals surface area (Å²) >= 11 is 0. The molecule has 0 spiro atoms. The molecule has 0 saturated carbocycles. The summed E-state index contributed by atoms with van der Waals surface area (Å²) in [6, 6.07) is 9.53. The molecule has 0 aliphatic heterocycles. The molecule has 1 aromatic carbocycles. The van der Waals surface area contributed by atoms with E-state index in [-0.39, 0.29) is 18.5 Å². The van der Waals surface area contributed by atoms with E-state index in [1.165, 1.54) is 0 Å². The molecule has 116 valence electrons. The standard InChI is InChI=1S/C16H24N2O3/c1-4-16(5-2,15(20)21)17-11-14(19)18-12(3)13-9-7-6-8-10-13/h6-10,12,17H,4-5,11H2,1-3H3,(H,18,19)(H,20,21). The van der Waals surface area contributed by atoms with E-state index >= 15 is 0 Å².